The third-order valence-electron chi connectivity index (χ3n) is 5.81. The van der Waals surface area contributed by atoms with E-state index in [9.17, 15) is 22.8 Å². The van der Waals surface area contributed by atoms with E-state index in [-0.39, 0.29) is 40.5 Å². The number of alkyl halides is 3. The van der Waals surface area contributed by atoms with Crippen molar-refractivity contribution in [3.8, 4) is 5.88 Å². The Morgan fingerprint density at radius 1 is 1.22 bits per heavy atom. The Hall–Kier alpha value is -3.42. The van der Waals surface area contributed by atoms with Crippen LogP contribution in [0.25, 0.3) is 0 Å². The molecule has 1 aliphatic heterocycles. The van der Waals surface area contributed by atoms with E-state index in [1.807, 2.05) is 0 Å². The van der Waals surface area contributed by atoms with Crippen molar-refractivity contribution in [2.75, 3.05) is 11.9 Å². The summed E-state index contributed by atoms with van der Waals surface area (Å²) in [5, 5.41) is 5.66. The lowest BCUT2D eigenvalue weighted by molar-refractivity contribution is -0.154. The molecule has 0 bridgehead atoms. The Labute approximate surface area is 213 Å². The second-order valence-electron chi connectivity index (χ2n) is 9.27. The fourth-order valence-corrected chi connectivity index (χ4v) is 5.17. The molecule has 2 amide bonds. The van der Waals surface area contributed by atoms with Crippen LogP contribution >= 0.6 is 11.8 Å². The third-order valence-corrected chi connectivity index (χ3v) is 6.89. The number of nitrogens with one attached hydrogen (secondary N) is 2. The van der Waals surface area contributed by atoms with E-state index in [1.165, 1.54) is 12.1 Å². The molecule has 1 saturated carbocycles. The fraction of sp³-hybridized carbons (Fsp3) is 0.435. The van der Waals surface area contributed by atoms with Gasteiger partial charge in [0.25, 0.3) is 5.91 Å². The third kappa shape index (κ3) is 6.48. The summed E-state index contributed by atoms with van der Waals surface area (Å²) in [7, 11) is 0. The summed E-state index contributed by atoms with van der Waals surface area (Å²) >= 11 is 1.12. The molecule has 0 radical (unpaired) electrons. The largest absolute Gasteiger partial charge is 0.467 e. The number of rotatable bonds is 7. The molecule has 1 fully saturated rings. The number of nitrogens with zero attached hydrogens (tertiary/aromatic N) is 3. The van der Waals surface area contributed by atoms with Crippen LogP contribution in [0.1, 0.15) is 49.2 Å². The van der Waals surface area contributed by atoms with Crippen LogP contribution < -0.4 is 21.1 Å². The Kier molecular flexibility index (Phi) is 7.06. The molecule has 1 aromatic carbocycles. The average molecular weight is 541 g/mol. The molecule has 0 unspecified atom stereocenters. The number of nitrogens with two attached hydrogens (primary N) is 1. The van der Waals surface area contributed by atoms with Crippen LogP contribution in [-0.4, -0.2) is 50.5 Å². The van der Waals surface area contributed by atoms with E-state index < -0.39 is 40.7 Å². The maximum atomic E-state index is 15.0. The maximum absolute atomic E-state index is 15.0. The normalized spacial score (nSPS) is 23.7. The molecule has 2 aromatic rings. The van der Waals surface area contributed by atoms with Gasteiger partial charge in [0.05, 0.1) is 17.9 Å². The zero-order chi connectivity index (χ0) is 27.0. The maximum Gasteiger partial charge on any atom is 0.422 e. The van der Waals surface area contributed by atoms with E-state index in [1.54, 1.807) is 13.8 Å². The van der Waals surface area contributed by atoms with Crippen LogP contribution in [-0.2, 0) is 10.3 Å². The van der Waals surface area contributed by atoms with Crippen LogP contribution in [0.15, 0.2) is 35.6 Å². The van der Waals surface area contributed by atoms with Gasteiger partial charge in [-0.25, -0.2) is 14.4 Å². The molecule has 198 valence electrons. The minimum absolute atomic E-state index is 0.126. The first-order valence-corrected chi connectivity index (χ1v) is 12.1. The highest BCUT2D eigenvalue weighted by Gasteiger charge is 2.48. The summed E-state index contributed by atoms with van der Waals surface area (Å²) in [5.74, 6) is -1.92. The molecular weight excluding hydrogens is 516 g/mol. The molecule has 37 heavy (non-hydrogen) atoms. The molecule has 0 saturated heterocycles. The van der Waals surface area contributed by atoms with Gasteiger partial charge < -0.3 is 21.1 Å². The monoisotopic (exact) mass is 540 g/mol. The van der Waals surface area contributed by atoms with E-state index in [4.69, 9.17) is 5.73 Å². The van der Waals surface area contributed by atoms with Gasteiger partial charge in [-0.05, 0) is 44.9 Å². The van der Waals surface area contributed by atoms with Gasteiger partial charge >= 0.3 is 6.18 Å². The van der Waals surface area contributed by atoms with Crippen molar-refractivity contribution in [3.05, 3.63) is 47.7 Å². The van der Waals surface area contributed by atoms with Crippen molar-refractivity contribution in [1.29, 1.82) is 0 Å². The van der Waals surface area contributed by atoms with Gasteiger partial charge in [0, 0.05) is 23.7 Å². The zero-order valence-corrected chi connectivity index (χ0v) is 20.7. The summed E-state index contributed by atoms with van der Waals surface area (Å²) in [6, 6.07) is 4.02. The van der Waals surface area contributed by atoms with Crippen molar-refractivity contribution in [2.45, 2.75) is 55.6 Å². The molecule has 9 nitrogen and oxygen atoms in total. The lowest BCUT2D eigenvalue weighted by atomic mass is 9.82. The molecule has 2 aliphatic rings. The van der Waals surface area contributed by atoms with Crippen molar-refractivity contribution >= 4 is 34.4 Å². The highest BCUT2D eigenvalue weighted by Crippen LogP contribution is 2.46. The number of anilines is 1. The van der Waals surface area contributed by atoms with Crippen LogP contribution in [0.4, 0.5) is 23.2 Å². The zero-order valence-electron chi connectivity index (χ0n) is 19.9. The second kappa shape index (κ2) is 9.80. The van der Waals surface area contributed by atoms with Gasteiger partial charge in [-0.3, -0.25) is 14.6 Å². The molecule has 1 aromatic heterocycles. The first-order valence-electron chi connectivity index (χ1n) is 11.2. The minimum Gasteiger partial charge on any atom is -0.467 e. The summed E-state index contributed by atoms with van der Waals surface area (Å²) in [6.45, 7) is 1.86. The van der Waals surface area contributed by atoms with Gasteiger partial charge in [0.2, 0.25) is 11.8 Å². The minimum atomic E-state index is -4.54. The van der Waals surface area contributed by atoms with Crippen LogP contribution in [0.3, 0.4) is 0 Å². The molecule has 2 heterocycles. The summed E-state index contributed by atoms with van der Waals surface area (Å²) in [6.07, 6.45) is -0.709. The molecule has 0 spiro atoms. The number of carbonyl (C=O) groups is 2. The number of benzene rings is 1. The quantitative estimate of drug-likeness (QED) is 0.458. The van der Waals surface area contributed by atoms with E-state index in [2.05, 4.69) is 30.3 Å². The number of amidine groups is 1. The van der Waals surface area contributed by atoms with Crippen LogP contribution in [0.5, 0.6) is 5.88 Å². The number of amides is 2. The average Bonchev–Trinajstić information content (AvgIpc) is 3.62. The fourth-order valence-electron chi connectivity index (χ4n) is 3.95. The Bertz CT molecular complexity index is 1240. The predicted octanol–water partition coefficient (Wildman–Crippen LogP) is 3.51. The van der Waals surface area contributed by atoms with Gasteiger partial charge in [-0.1, -0.05) is 11.8 Å². The number of halogens is 4. The number of carbonyl (C=O) groups excluding carboxylic acids is 2. The molecule has 14 heteroatoms. The SMILES string of the molecule is C[C@]1(C(=O)NC2CC2)C[C@@](C)(c2cc(NC(=O)c3cnc(OCC(F)(F)F)cn3)ccc2F)N=C(N)S1. The number of hydrogen-bond acceptors (Lipinski definition) is 8. The molecule has 4 N–H and O–H groups in total. The van der Waals surface area contributed by atoms with E-state index in [0.29, 0.717) is 0 Å². The van der Waals surface area contributed by atoms with E-state index in [0.717, 1.165) is 43.1 Å². The Balaban J connectivity index is 1.51. The first kappa shape index (κ1) is 26.6. The first-order chi connectivity index (χ1) is 17.3. The standard InChI is InChI=1S/C23H24F4N6O3S/c1-21(10-22(2,37-20(28)33-21)19(35)32-12-3-4-12)14-7-13(5-6-15(14)24)31-18(34)16-8-30-17(9-29-16)36-11-23(25,26)27/h5-9,12H,3-4,10-11H2,1-2H3,(H2,28,33)(H,31,34)(H,32,35)/t21-,22+/m0/s1. The molecule has 1 aliphatic carbocycles. The number of ether oxygens (including phenoxy) is 1. The topological polar surface area (TPSA) is 132 Å². The highest BCUT2D eigenvalue weighted by atomic mass is 32.2. The predicted molar refractivity (Wildman–Crippen MR) is 129 cm³/mol. The van der Waals surface area contributed by atoms with Crippen molar-refractivity contribution in [1.82, 2.24) is 15.3 Å². The van der Waals surface area contributed by atoms with Crippen molar-refractivity contribution in [2.24, 2.45) is 10.7 Å². The molecular formula is C23H24F4N6O3S. The number of aromatic nitrogens is 2. The lowest BCUT2D eigenvalue weighted by Gasteiger charge is -2.40. The van der Waals surface area contributed by atoms with Crippen LogP contribution in [0, 0.1) is 5.82 Å². The number of hydrogen-bond donors (Lipinski definition) is 3. The molecule has 2 atom stereocenters. The van der Waals surface area contributed by atoms with Gasteiger partial charge in [0.15, 0.2) is 11.8 Å². The van der Waals surface area contributed by atoms with Gasteiger partial charge in [0.1, 0.15) is 16.3 Å². The lowest BCUT2D eigenvalue weighted by Crippen LogP contribution is -2.50. The van der Waals surface area contributed by atoms with Crippen molar-refractivity contribution in [3.63, 3.8) is 0 Å². The summed E-state index contributed by atoms with van der Waals surface area (Å²) in [5.41, 5.74) is 5.00. The van der Waals surface area contributed by atoms with Gasteiger partial charge in [-0.2, -0.15) is 13.2 Å². The molecule has 4 rings (SSSR count). The van der Waals surface area contributed by atoms with E-state index >= 15 is 4.39 Å². The number of aliphatic imine (C=N–C) groups is 1. The summed E-state index contributed by atoms with van der Waals surface area (Å²) < 4.78 is 55.3. The Morgan fingerprint density at radius 2 is 1.95 bits per heavy atom. The van der Waals surface area contributed by atoms with Gasteiger partial charge in [-0.15, -0.1) is 0 Å². The second-order valence-corrected chi connectivity index (χ2v) is 10.8. The van der Waals surface area contributed by atoms with Crippen LogP contribution in [0.2, 0.25) is 0 Å². The Morgan fingerprint density at radius 3 is 2.57 bits per heavy atom. The number of thioether (sulfide) groups is 1. The highest BCUT2D eigenvalue weighted by molar-refractivity contribution is 8.15. The summed E-state index contributed by atoms with van der Waals surface area (Å²) in [4.78, 5) is 37.4. The smallest absolute Gasteiger partial charge is 0.422 e. The van der Waals surface area contributed by atoms with Crippen molar-refractivity contribution < 1.29 is 31.9 Å².